The molecule has 5 nitrogen and oxygen atoms in total. The molecular formula is C20H26ClFN4O. The van der Waals surface area contributed by atoms with E-state index in [0.29, 0.717) is 28.1 Å². The molecule has 146 valence electrons. The Balaban J connectivity index is 1.19. The van der Waals surface area contributed by atoms with Crippen molar-refractivity contribution < 1.29 is 9.50 Å². The van der Waals surface area contributed by atoms with Gasteiger partial charge in [0.15, 0.2) is 0 Å². The zero-order valence-electron chi connectivity index (χ0n) is 15.4. The van der Waals surface area contributed by atoms with Crippen LogP contribution in [0.3, 0.4) is 0 Å². The molecular weight excluding hydrogens is 367 g/mol. The van der Waals surface area contributed by atoms with Crippen LogP contribution < -0.4 is 0 Å². The summed E-state index contributed by atoms with van der Waals surface area (Å²) in [5, 5.41) is 10.9. The molecule has 4 heterocycles. The topological polar surface area (TPSA) is 55.4 Å². The van der Waals surface area contributed by atoms with Gasteiger partial charge in [-0.1, -0.05) is 24.4 Å². The molecule has 4 aliphatic rings. The molecule has 2 N–H and O–H groups in total. The molecule has 2 aromatic rings. The highest BCUT2D eigenvalue weighted by Crippen LogP contribution is 2.37. The van der Waals surface area contributed by atoms with Crippen LogP contribution >= 0.6 is 11.6 Å². The maximum absolute atomic E-state index is 13.5. The Labute approximate surface area is 163 Å². The van der Waals surface area contributed by atoms with Crippen molar-refractivity contribution in [2.75, 3.05) is 19.6 Å². The quantitative estimate of drug-likeness (QED) is 0.819. The number of hydrogen-bond donors (Lipinski definition) is 2. The number of nitrogens with one attached hydrogen (secondary N) is 1. The van der Waals surface area contributed by atoms with Crippen LogP contribution in [0.15, 0.2) is 12.1 Å². The Morgan fingerprint density at radius 3 is 2.74 bits per heavy atom. The van der Waals surface area contributed by atoms with Gasteiger partial charge >= 0.3 is 0 Å². The minimum Gasteiger partial charge on any atom is -0.390 e. The molecule has 6 rings (SSSR count). The van der Waals surface area contributed by atoms with E-state index in [0.717, 1.165) is 51.3 Å². The number of piperidine rings is 1. The third-order valence-electron chi connectivity index (χ3n) is 6.72. The van der Waals surface area contributed by atoms with Gasteiger partial charge in [0.05, 0.1) is 22.7 Å². The van der Waals surface area contributed by atoms with Crippen LogP contribution in [0, 0.1) is 5.82 Å². The molecule has 7 heteroatoms. The molecule has 2 unspecified atom stereocenters. The lowest BCUT2D eigenvalue weighted by molar-refractivity contribution is -0.0850. The van der Waals surface area contributed by atoms with Crippen LogP contribution in [-0.4, -0.2) is 62.2 Å². The first kappa shape index (κ1) is 17.9. The highest BCUT2D eigenvalue weighted by Gasteiger charge is 2.45. The third kappa shape index (κ3) is 3.37. The number of aliphatic hydroxyl groups is 1. The van der Waals surface area contributed by atoms with Crippen LogP contribution in [0.4, 0.5) is 4.39 Å². The number of fused-ring (bicyclic) bond motifs is 3. The number of imidazole rings is 1. The van der Waals surface area contributed by atoms with Crippen LogP contribution in [0.25, 0.3) is 11.0 Å². The molecule has 3 aliphatic heterocycles. The van der Waals surface area contributed by atoms with Gasteiger partial charge in [0.25, 0.3) is 0 Å². The van der Waals surface area contributed by atoms with E-state index in [2.05, 4.69) is 19.8 Å². The molecule has 4 fully saturated rings. The molecule has 3 saturated heterocycles. The summed E-state index contributed by atoms with van der Waals surface area (Å²) in [5.41, 5.74) is 0.886. The Bertz CT molecular complexity index is 838. The second kappa shape index (κ2) is 6.69. The normalized spacial score (nSPS) is 28.0. The SMILES string of the molecule is OC1(CCN2C3CC2CN(Cc2nc4c(Cl)cc(F)cc4[nH]2)C3)CCCC1. The second-order valence-corrected chi connectivity index (χ2v) is 9.03. The molecule has 2 atom stereocenters. The summed E-state index contributed by atoms with van der Waals surface area (Å²) in [6.07, 6.45) is 6.44. The van der Waals surface area contributed by atoms with Crippen LogP contribution in [0.2, 0.25) is 5.02 Å². The van der Waals surface area contributed by atoms with Gasteiger partial charge in [-0.25, -0.2) is 9.37 Å². The first-order valence-electron chi connectivity index (χ1n) is 10.0. The minimum atomic E-state index is -0.410. The fourth-order valence-electron chi connectivity index (χ4n) is 5.27. The summed E-state index contributed by atoms with van der Waals surface area (Å²) in [5.74, 6) is 0.493. The number of aromatic amines is 1. The Morgan fingerprint density at radius 1 is 1.26 bits per heavy atom. The Hall–Kier alpha value is -1.21. The van der Waals surface area contributed by atoms with Gasteiger partial charge in [0.1, 0.15) is 17.2 Å². The van der Waals surface area contributed by atoms with Crippen molar-refractivity contribution in [1.29, 1.82) is 0 Å². The molecule has 0 radical (unpaired) electrons. The molecule has 2 bridgehead atoms. The Kier molecular flexibility index (Phi) is 4.43. The molecule has 0 spiro atoms. The average molecular weight is 393 g/mol. The summed E-state index contributed by atoms with van der Waals surface area (Å²) in [6.45, 7) is 3.79. The highest BCUT2D eigenvalue weighted by atomic mass is 35.5. The third-order valence-corrected chi connectivity index (χ3v) is 7.01. The number of rotatable bonds is 5. The molecule has 0 amide bonds. The predicted molar refractivity (Wildman–Crippen MR) is 103 cm³/mol. The molecule has 1 saturated carbocycles. The molecule has 1 aromatic carbocycles. The first-order chi connectivity index (χ1) is 13.0. The minimum absolute atomic E-state index is 0.346. The van der Waals surface area contributed by atoms with Crippen LogP contribution in [0.5, 0.6) is 0 Å². The standard InChI is InChI=1S/C20H26ClFN4O/c21-16-7-13(22)8-17-19(16)24-18(23-17)12-25-10-14-9-15(11-25)26(14)6-5-20(27)3-1-2-4-20/h7-8,14-15,27H,1-6,9-12H2,(H,23,24). The van der Waals surface area contributed by atoms with Crippen LogP contribution in [-0.2, 0) is 6.54 Å². The van der Waals surface area contributed by atoms with E-state index < -0.39 is 5.60 Å². The number of halogens is 2. The molecule has 1 aliphatic carbocycles. The maximum atomic E-state index is 13.5. The zero-order chi connectivity index (χ0) is 18.6. The second-order valence-electron chi connectivity index (χ2n) is 8.62. The summed E-state index contributed by atoms with van der Waals surface area (Å²) < 4.78 is 13.5. The summed E-state index contributed by atoms with van der Waals surface area (Å²) in [4.78, 5) is 12.8. The lowest BCUT2D eigenvalue weighted by Crippen LogP contribution is -2.68. The summed E-state index contributed by atoms with van der Waals surface area (Å²) in [6, 6.07) is 3.92. The van der Waals surface area contributed by atoms with Gasteiger partial charge in [-0.15, -0.1) is 0 Å². The van der Waals surface area contributed by atoms with Crippen molar-refractivity contribution in [3.05, 3.63) is 28.8 Å². The van der Waals surface area contributed by atoms with Crippen molar-refractivity contribution in [3.63, 3.8) is 0 Å². The van der Waals surface area contributed by atoms with E-state index in [9.17, 15) is 9.50 Å². The maximum Gasteiger partial charge on any atom is 0.126 e. The largest absolute Gasteiger partial charge is 0.390 e. The molecule has 27 heavy (non-hydrogen) atoms. The van der Waals surface area contributed by atoms with Gasteiger partial charge in [-0.2, -0.15) is 0 Å². The van der Waals surface area contributed by atoms with Crippen molar-refractivity contribution in [1.82, 2.24) is 19.8 Å². The zero-order valence-corrected chi connectivity index (χ0v) is 16.2. The number of piperazine rings is 1. The predicted octanol–water partition coefficient (Wildman–Crippen LogP) is 3.31. The van der Waals surface area contributed by atoms with E-state index in [1.165, 1.54) is 31.4 Å². The van der Waals surface area contributed by atoms with Crippen molar-refractivity contribution in [3.8, 4) is 0 Å². The Morgan fingerprint density at radius 2 is 2.00 bits per heavy atom. The number of aromatic nitrogens is 2. The molecule has 1 aromatic heterocycles. The number of nitrogens with zero attached hydrogens (tertiary/aromatic N) is 3. The highest BCUT2D eigenvalue weighted by molar-refractivity contribution is 6.34. The van der Waals surface area contributed by atoms with Gasteiger partial charge in [-0.3, -0.25) is 9.80 Å². The monoisotopic (exact) mass is 392 g/mol. The van der Waals surface area contributed by atoms with E-state index in [1.54, 1.807) is 0 Å². The van der Waals surface area contributed by atoms with Crippen LogP contribution in [0.1, 0.15) is 44.3 Å². The van der Waals surface area contributed by atoms with E-state index in [1.807, 2.05) is 0 Å². The van der Waals surface area contributed by atoms with Crippen molar-refractivity contribution in [2.24, 2.45) is 0 Å². The number of hydrogen-bond acceptors (Lipinski definition) is 4. The summed E-state index contributed by atoms with van der Waals surface area (Å²) >= 11 is 6.10. The van der Waals surface area contributed by atoms with E-state index >= 15 is 0 Å². The van der Waals surface area contributed by atoms with Crippen molar-refractivity contribution >= 4 is 22.6 Å². The lowest BCUT2D eigenvalue weighted by Gasteiger charge is -2.57. The van der Waals surface area contributed by atoms with E-state index in [4.69, 9.17) is 11.6 Å². The van der Waals surface area contributed by atoms with Gasteiger partial charge in [0.2, 0.25) is 0 Å². The average Bonchev–Trinajstić information content (AvgIpc) is 3.21. The lowest BCUT2D eigenvalue weighted by atomic mass is 9.86. The van der Waals surface area contributed by atoms with E-state index in [-0.39, 0.29) is 5.82 Å². The first-order valence-corrected chi connectivity index (χ1v) is 10.4. The fourth-order valence-corrected chi connectivity index (χ4v) is 5.52. The fraction of sp³-hybridized carbons (Fsp3) is 0.650. The number of benzene rings is 1. The van der Waals surface area contributed by atoms with Gasteiger partial charge in [-0.05, 0) is 37.8 Å². The van der Waals surface area contributed by atoms with Gasteiger partial charge < -0.3 is 10.1 Å². The summed E-state index contributed by atoms with van der Waals surface area (Å²) in [7, 11) is 0. The van der Waals surface area contributed by atoms with Crippen molar-refractivity contribution in [2.45, 2.75) is 62.8 Å². The smallest absolute Gasteiger partial charge is 0.126 e. The number of H-pyrrole nitrogens is 1. The van der Waals surface area contributed by atoms with Gasteiger partial charge in [0, 0.05) is 31.7 Å².